The van der Waals surface area contributed by atoms with Gasteiger partial charge in [0.15, 0.2) is 5.78 Å². The van der Waals surface area contributed by atoms with E-state index in [1.807, 2.05) is 19.1 Å². The van der Waals surface area contributed by atoms with Crippen LogP contribution in [-0.4, -0.2) is 18.2 Å². The third kappa shape index (κ3) is 2.64. The number of rotatable bonds is 4. The predicted molar refractivity (Wildman–Crippen MR) is 69.9 cm³/mol. The summed E-state index contributed by atoms with van der Waals surface area (Å²) in [5, 5.41) is 0.359. The van der Waals surface area contributed by atoms with E-state index in [-0.39, 0.29) is 5.78 Å². The van der Waals surface area contributed by atoms with E-state index in [0.29, 0.717) is 11.2 Å². The number of Topliss-reactive ketones (excluding diaryl/α,β-unsaturated/α-hetero) is 1. The Kier molecular flexibility index (Phi) is 4.54. The number of carbonyl (C=O) groups is 1. The molecule has 0 heterocycles. The van der Waals surface area contributed by atoms with Crippen molar-refractivity contribution in [1.82, 2.24) is 0 Å². The second kappa shape index (κ2) is 5.48. The average Bonchev–Trinajstić information content (AvgIpc) is 2.27. The summed E-state index contributed by atoms with van der Waals surface area (Å²) in [5.74, 6) is 1.32. The molecule has 0 bridgehead atoms. The number of benzene rings is 1. The topological polar surface area (TPSA) is 26.3 Å². The number of carbonyl (C=O) groups excluding carboxylic acids is 1. The van der Waals surface area contributed by atoms with Crippen molar-refractivity contribution in [2.24, 2.45) is 0 Å². The van der Waals surface area contributed by atoms with Crippen LogP contribution in [0.2, 0.25) is 0 Å². The minimum atomic E-state index is 0.113. The van der Waals surface area contributed by atoms with Crippen LogP contribution in [0.5, 0.6) is 5.75 Å². The second-order valence-corrected chi connectivity index (χ2v) is 4.68. The fraction of sp³-hybridized carbons (Fsp3) is 0.462. The first-order valence-electron chi connectivity index (χ1n) is 5.29. The summed E-state index contributed by atoms with van der Waals surface area (Å²) in [6.07, 6.45) is 0. The highest BCUT2D eigenvalue weighted by molar-refractivity contribution is 9.09. The molecule has 0 N–H and O–H groups in total. The largest absolute Gasteiger partial charge is 0.496 e. The minimum Gasteiger partial charge on any atom is -0.496 e. The number of hydrogen-bond donors (Lipinski definition) is 0. The fourth-order valence-corrected chi connectivity index (χ4v) is 2.00. The molecule has 0 aliphatic heterocycles. The number of halogens is 1. The summed E-state index contributed by atoms with van der Waals surface area (Å²) in [7, 11) is 1.66. The van der Waals surface area contributed by atoms with E-state index >= 15 is 0 Å². The van der Waals surface area contributed by atoms with E-state index in [4.69, 9.17) is 4.74 Å². The lowest BCUT2D eigenvalue weighted by atomic mass is 9.95. The van der Waals surface area contributed by atoms with Crippen LogP contribution in [-0.2, 0) is 0 Å². The number of alkyl halides is 1. The fourth-order valence-electron chi connectivity index (χ4n) is 1.70. The zero-order valence-corrected chi connectivity index (χ0v) is 11.7. The van der Waals surface area contributed by atoms with Crippen molar-refractivity contribution in [3.05, 3.63) is 28.8 Å². The Hall–Kier alpha value is -0.830. The number of aryl methyl sites for hydroxylation is 1. The highest BCUT2D eigenvalue weighted by Crippen LogP contribution is 2.29. The van der Waals surface area contributed by atoms with Crippen LogP contribution < -0.4 is 4.74 Å². The van der Waals surface area contributed by atoms with E-state index in [2.05, 4.69) is 29.8 Å². The predicted octanol–water partition coefficient (Wildman–Crippen LogP) is 3.70. The zero-order valence-electron chi connectivity index (χ0n) is 10.1. The molecule has 3 heteroatoms. The van der Waals surface area contributed by atoms with Crippen molar-refractivity contribution in [2.45, 2.75) is 26.7 Å². The van der Waals surface area contributed by atoms with Gasteiger partial charge in [-0.05, 0) is 36.1 Å². The zero-order chi connectivity index (χ0) is 12.3. The first kappa shape index (κ1) is 13.2. The van der Waals surface area contributed by atoms with E-state index in [1.54, 1.807) is 7.11 Å². The van der Waals surface area contributed by atoms with Crippen LogP contribution in [0.25, 0.3) is 0 Å². The summed E-state index contributed by atoms with van der Waals surface area (Å²) >= 11 is 3.20. The van der Waals surface area contributed by atoms with Crippen molar-refractivity contribution in [2.75, 3.05) is 12.4 Å². The summed E-state index contributed by atoms with van der Waals surface area (Å²) in [6, 6.07) is 3.88. The van der Waals surface area contributed by atoms with Gasteiger partial charge in [-0.25, -0.2) is 0 Å². The molecule has 0 aromatic heterocycles. The summed E-state index contributed by atoms with van der Waals surface area (Å²) in [6.45, 7) is 6.12. The molecular formula is C13H17BrO2. The Morgan fingerprint density at radius 2 is 2.06 bits per heavy atom. The molecule has 0 aliphatic carbocycles. The quantitative estimate of drug-likeness (QED) is 0.622. The second-order valence-electron chi connectivity index (χ2n) is 4.12. The van der Waals surface area contributed by atoms with Gasteiger partial charge < -0.3 is 4.74 Å². The van der Waals surface area contributed by atoms with E-state index in [9.17, 15) is 4.79 Å². The van der Waals surface area contributed by atoms with Gasteiger partial charge in [0, 0.05) is 5.56 Å². The average molecular weight is 285 g/mol. The summed E-state index contributed by atoms with van der Waals surface area (Å²) in [4.78, 5) is 11.7. The molecular weight excluding hydrogens is 268 g/mol. The Balaban J connectivity index is 3.33. The maximum atomic E-state index is 11.7. The molecule has 1 aromatic rings. The van der Waals surface area contributed by atoms with Crippen molar-refractivity contribution >= 4 is 21.7 Å². The summed E-state index contributed by atoms with van der Waals surface area (Å²) < 4.78 is 5.33. The van der Waals surface area contributed by atoms with Gasteiger partial charge in [0.2, 0.25) is 0 Å². The molecule has 16 heavy (non-hydrogen) atoms. The smallest absolute Gasteiger partial charge is 0.173 e. The van der Waals surface area contributed by atoms with E-state index in [1.165, 1.54) is 0 Å². The van der Waals surface area contributed by atoms with Gasteiger partial charge in [-0.15, -0.1) is 0 Å². The van der Waals surface area contributed by atoms with Crippen LogP contribution in [0.4, 0.5) is 0 Å². The normalized spacial score (nSPS) is 10.6. The van der Waals surface area contributed by atoms with Crippen LogP contribution in [0.1, 0.15) is 41.3 Å². The van der Waals surface area contributed by atoms with Gasteiger partial charge in [0.1, 0.15) is 5.75 Å². The molecule has 88 valence electrons. The van der Waals surface area contributed by atoms with Gasteiger partial charge in [-0.3, -0.25) is 4.79 Å². The monoisotopic (exact) mass is 284 g/mol. The molecule has 0 fully saturated rings. The van der Waals surface area contributed by atoms with E-state index in [0.717, 1.165) is 22.4 Å². The van der Waals surface area contributed by atoms with E-state index < -0.39 is 0 Å². The van der Waals surface area contributed by atoms with Crippen LogP contribution in [0.15, 0.2) is 12.1 Å². The first-order valence-corrected chi connectivity index (χ1v) is 6.41. The van der Waals surface area contributed by atoms with Gasteiger partial charge in [0.25, 0.3) is 0 Å². The molecule has 0 amide bonds. The van der Waals surface area contributed by atoms with Crippen molar-refractivity contribution in [3.63, 3.8) is 0 Å². The molecule has 0 atom stereocenters. The maximum absolute atomic E-state index is 11.7. The SMILES string of the molecule is COc1cc(C)c(C(=O)CBr)cc1C(C)C. The summed E-state index contributed by atoms with van der Waals surface area (Å²) in [5.41, 5.74) is 2.82. The van der Waals surface area contributed by atoms with Crippen LogP contribution >= 0.6 is 15.9 Å². The number of hydrogen-bond acceptors (Lipinski definition) is 2. The Morgan fingerprint density at radius 1 is 1.44 bits per heavy atom. The lowest BCUT2D eigenvalue weighted by Crippen LogP contribution is -2.06. The molecule has 0 saturated carbocycles. The molecule has 0 saturated heterocycles. The van der Waals surface area contributed by atoms with Gasteiger partial charge in [-0.2, -0.15) is 0 Å². The van der Waals surface area contributed by atoms with Crippen LogP contribution in [0, 0.1) is 6.92 Å². The first-order chi connectivity index (χ1) is 7.51. The lowest BCUT2D eigenvalue weighted by molar-refractivity contribution is 0.102. The molecule has 1 rings (SSSR count). The van der Waals surface area contributed by atoms with Gasteiger partial charge in [0.05, 0.1) is 12.4 Å². The molecule has 1 aromatic carbocycles. The third-order valence-corrected chi connectivity index (χ3v) is 3.13. The highest BCUT2D eigenvalue weighted by Gasteiger charge is 2.14. The van der Waals surface area contributed by atoms with Gasteiger partial charge in [-0.1, -0.05) is 29.8 Å². The third-order valence-electron chi connectivity index (χ3n) is 2.62. The Bertz CT molecular complexity index is 397. The lowest BCUT2D eigenvalue weighted by Gasteiger charge is -2.15. The van der Waals surface area contributed by atoms with Crippen LogP contribution in [0.3, 0.4) is 0 Å². The van der Waals surface area contributed by atoms with Crippen molar-refractivity contribution in [3.8, 4) is 5.75 Å². The maximum Gasteiger partial charge on any atom is 0.173 e. The highest BCUT2D eigenvalue weighted by atomic mass is 79.9. The molecule has 2 nitrogen and oxygen atoms in total. The number of ketones is 1. The molecule has 0 radical (unpaired) electrons. The number of methoxy groups -OCH3 is 1. The number of ether oxygens (including phenoxy) is 1. The van der Waals surface area contributed by atoms with Gasteiger partial charge >= 0.3 is 0 Å². The van der Waals surface area contributed by atoms with Crippen molar-refractivity contribution < 1.29 is 9.53 Å². The Labute approximate surface area is 105 Å². The Morgan fingerprint density at radius 3 is 2.50 bits per heavy atom. The molecule has 0 spiro atoms. The van der Waals surface area contributed by atoms with Crippen molar-refractivity contribution in [1.29, 1.82) is 0 Å². The minimum absolute atomic E-state index is 0.113. The standard InChI is InChI=1S/C13H17BrO2/c1-8(2)10-6-11(12(15)7-14)9(3)5-13(10)16-4/h5-6,8H,7H2,1-4H3. The molecule has 0 unspecified atom stereocenters. The molecule has 0 aliphatic rings.